The van der Waals surface area contributed by atoms with Gasteiger partial charge in [-0.1, -0.05) is 17.7 Å². The number of hydrogen-bond donors (Lipinski definition) is 1. The van der Waals surface area contributed by atoms with Crippen molar-refractivity contribution >= 4 is 23.4 Å². The molecule has 1 atom stereocenters. The van der Waals surface area contributed by atoms with Gasteiger partial charge in [-0.25, -0.2) is 4.79 Å². The van der Waals surface area contributed by atoms with Crippen LogP contribution in [0.5, 0.6) is 0 Å². The number of benzene rings is 1. The molecule has 3 rings (SSSR count). The maximum absolute atomic E-state index is 12.1. The predicted molar refractivity (Wildman–Crippen MR) is 74.7 cm³/mol. The van der Waals surface area contributed by atoms with E-state index >= 15 is 0 Å². The van der Waals surface area contributed by atoms with Gasteiger partial charge in [-0.2, -0.15) is 0 Å². The highest BCUT2D eigenvalue weighted by Gasteiger charge is 2.45. The van der Waals surface area contributed by atoms with Crippen LogP contribution in [0.25, 0.3) is 0 Å². The molecule has 1 N–H and O–H groups in total. The second-order valence-electron chi connectivity index (χ2n) is 5.22. The molecule has 102 valence electrons. The van der Waals surface area contributed by atoms with E-state index in [0.717, 1.165) is 38.0 Å². The second-order valence-corrected chi connectivity index (χ2v) is 5.66. The smallest absolute Gasteiger partial charge is 0.415 e. The third kappa shape index (κ3) is 2.55. The number of anilines is 1. The highest BCUT2D eigenvalue weighted by atomic mass is 35.5. The maximum atomic E-state index is 12.1. The Labute approximate surface area is 117 Å². The van der Waals surface area contributed by atoms with Crippen molar-refractivity contribution in [3.05, 3.63) is 29.3 Å². The maximum Gasteiger partial charge on any atom is 0.415 e. The molecule has 1 spiro atoms. The molecule has 5 heteroatoms. The minimum Gasteiger partial charge on any atom is -0.441 e. The Kier molecular flexibility index (Phi) is 3.37. The summed E-state index contributed by atoms with van der Waals surface area (Å²) in [4.78, 5) is 13.8. The van der Waals surface area contributed by atoms with E-state index in [1.807, 2.05) is 12.1 Å². The number of carbonyl (C=O) groups is 1. The van der Waals surface area contributed by atoms with Crippen LogP contribution in [-0.4, -0.2) is 31.3 Å². The Morgan fingerprint density at radius 1 is 1.32 bits per heavy atom. The fourth-order valence-corrected chi connectivity index (χ4v) is 3.01. The van der Waals surface area contributed by atoms with E-state index < -0.39 is 0 Å². The molecule has 0 unspecified atom stereocenters. The lowest BCUT2D eigenvalue weighted by Gasteiger charge is -2.24. The number of hydrogen-bond acceptors (Lipinski definition) is 3. The summed E-state index contributed by atoms with van der Waals surface area (Å²) in [5.41, 5.74) is 0.481. The van der Waals surface area contributed by atoms with Crippen LogP contribution in [0.2, 0.25) is 5.02 Å². The average molecular weight is 281 g/mol. The van der Waals surface area contributed by atoms with Crippen molar-refractivity contribution in [2.45, 2.75) is 24.9 Å². The molecule has 1 aromatic rings. The first kappa shape index (κ1) is 12.8. The Morgan fingerprint density at radius 3 is 3.05 bits per heavy atom. The van der Waals surface area contributed by atoms with Gasteiger partial charge in [-0.05, 0) is 44.1 Å². The van der Waals surface area contributed by atoms with E-state index in [0.29, 0.717) is 11.6 Å². The molecule has 0 saturated carbocycles. The van der Waals surface area contributed by atoms with Crippen LogP contribution < -0.4 is 10.2 Å². The number of rotatable bonds is 1. The molecule has 0 aromatic heterocycles. The van der Waals surface area contributed by atoms with Gasteiger partial charge < -0.3 is 10.1 Å². The van der Waals surface area contributed by atoms with Crippen molar-refractivity contribution in [2.24, 2.45) is 0 Å². The molecular weight excluding hydrogens is 264 g/mol. The lowest BCUT2D eigenvalue weighted by Crippen LogP contribution is -2.35. The van der Waals surface area contributed by atoms with E-state index in [2.05, 4.69) is 5.32 Å². The highest BCUT2D eigenvalue weighted by molar-refractivity contribution is 6.30. The normalized spacial score (nSPS) is 27.4. The standard InChI is InChI=1S/C14H17ClN2O2/c15-11-3-1-4-12(9-11)17-10-14(19-13(17)18)5-2-7-16-8-6-14/h1,3-4,9,16H,2,5-8,10H2/t14-/m0/s1. The fourth-order valence-electron chi connectivity index (χ4n) is 2.83. The molecule has 1 aromatic carbocycles. The largest absolute Gasteiger partial charge is 0.441 e. The van der Waals surface area contributed by atoms with Crippen molar-refractivity contribution in [3.63, 3.8) is 0 Å². The van der Waals surface area contributed by atoms with Crippen LogP contribution in [0.15, 0.2) is 24.3 Å². The Morgan fingerprint density at radius 2 is 2.21 bits per heavy atom. The summed E-state index contributed by atoms with van der Waals surface area (Å²) in [7, 11) is 0. The summed E-state index contributed by atoms with van der Waals surface area (Å²) < 4.78 is 5.68. The Hall–Kier alpha value is -1.26. The minimum atomic E-state index is -0.330. The molecule has 0 radical (unpaired) electrons. The Bertz CT molecular complexity index is 484. The molecule has 2 fully saturated rings. The number of carbonyl (C=O) groups excluding carboxylic acids is 1. The lowest BCUT2D eigenvalue weighted by molar-refractivity contribution is 0.0470. The topological polar surface area (TPSA) is 41.6 Å². The zero-order chi connectivity index (χ0) is 13.3. The second kappa shape index (κ2) is 5.02. The highest BCUT2D eigenvalue weighted by Crippen LogP contribution is 2.35. The number of nitrogens with one attached hydrogen (secondary N) is 1. The summed E-state index contributed by atoms with van der Waals surface area (Å²) in [6.45, 7) is 2.51. The summed E-state index contributed by atoms with van der Waals surface area (Å²) in [5, 5.41) is 3.98. The number of amides is 1. The van der Waals surface area contributed by atoms with Gasteiger partial charge in [0, 0.05) is 17.1 Å². The molecular formula is C14H17ClN2O2. The van der Waals surface area contributed by atoms with Gasteiger partial charge in [-0.3, -0.25) is 4.90 Å². The summed E-state index contributed by atoms with van der Waals surface area (Å²) in [5.74, 6) is 0. The van der Waals surface area contributed by atoms with Crippen molar-refractivity contribution in [3.8, 4) is 0 Å². The number of ether oxygens (including phenoxy) is 1. The molecule has 0 aliphatic carbocycles. The third-order valence-electron chi connectivity index (χ3n) is 3.83. The van der Waals surface area contributed by atoms with Crippen molar-refractivity contribution in [1.82, 2.24) is 5.32 Å². The molecule has 1 amide bonds. The van der Waals surface area contributed by atoms with Gasteiger partial charge in [-0.15, -0.1) is 0 Å². The van der Waals surface area contributed by atoms with Crippen LogP contribution in [0.1, 0.15) is 19.3 Å². The van der Waals surface area contributed by atoms with E-state index in [4.69, 9.17) is 16.3 Å². The van der Waals surface area contributed by atoms with Crippen LogP contribution in [0.3, 0.4) is 0 Å². The van der Waals surface area contributed by atoms with Gasteiger partial charge in [0.25, 0.3) is 0 Å². The van der Waals surface area contributed by atoms with Gasteiger partial charge in [0.05, 0.1) is 6.54 Å². The predicted octanol–water partition coefficient (Wildman–Crippen LogP) is 2.81. The van der Waals surface area contributed by atoms with Crippen LogP contribution >= 0.6 is 11.6 Å². The van der Waals surface area contributed by atoms with Crippen molar-refractivity contribution in [1.29, 1.82) is 0 Å². The van der Waals surface area contributed by atoms with Gasteiger partial charge in [0.2, 0.25) is 0 Å². The first-order valence-corrected chi connectivity index (χ1v) is 7.03. The van der Waals surface area contributed by atoms with Gasteiger partial charge >= 0.3 is 6.09 Å². The first-order chi connectivity index (χ1) is 9.19. The molecule has 4 nitrogen and oxygen atoms in total. The summed E-state index contributed by atoms with van der Waals surface area (Å²) in [6.07, 6.45) is 2.57. The van der Waals surface area contributed by atoms with Crippen molar-refractivity contribution in [2.75, 3.05) is 24.5 Å². The SMILES string of the molecule is O=C1O[C@]2(CCCNCC2)CN1c1cccc(Cl)c1. The molecule has 2 aliphatic heterocycles. The number of halogens is 1. The van der Waals surface area contributed by atoms with Gasteiger partial charge in [0.15, 0.2) is 0 Å². The van der Waals surface area contributed by atoms with Gasteiger partial charge in [0.1, 0.15) is 5.60 Å². The van der Waals surface area contributed by atoms with E-state index in [1.54, 1.807) is 17.0 Å². The monoisotopic (exact) mass is 280 g/mol. The molecule has 2 saturated heterocycles. The lowest BCUT2D eigenvalue weighted by atomic mass is 9.95. The minimum absolute atomic E-state index is 0.260. The summed E-state index contributed by atoms with van der Waals surface area (Å²) >= 11 is 5.99. The Balaban J connectivity index is 1.83. The zero-order valence-corrected chi connectivity index (χ0v) is 11.4. The van der Waals surface area contributed by atoms with Crippen LogP contribution in [0.4, 0.5) is 10.5 Å². The molecule has 19 heavy (non-hydrogen) atoms. The van der Waals surface area contributed by atoms with Crippen LogP contribution in [0, 0.1) is 0 Å². The van der Waals surface area contributed by atoms with Crippen LogP contribution in [-0.2, 0) is 4.74 Å². The zero-order valence-electron chi connectivity index (χ0n) is 10.7. The van der Waals surface area contributed by atoms with E-state index in [1.165, 1.54) is 0 Å². The molecule has 2 aliphatic rings. The van der Waals surface area contributed by atoms with E-state index in [9.17, 15) is 4.79 Å². The quantitative estimate of drug-likeness (QED) is 0.860. The molecule has 2 heterocycles. The van der Waals surface area contributed by atoms with E-state index in [-0.39, 0.29) is 11.7 Å². The average Bonchev–Trinajstić information content (AvgIpc) is 2.57. The summed E-state index contributed by atoms with van der Waals surface area (Å²) in [6, 6.07) is 7.35. The first-order valence-electron chi connectivity index (χ1n) is 6.65. The number of nitrogens with zero attached hydrogens (tertiary/aromatic N) is 1. The molecule has 0 bridgehead atoms. The fraction of sp³-hybridized carbons (Fsp3) is 0.500. The third-order valence-corrected chi connectivity index (χ3v) is 4.07. The van der Waals surface area contributed by atoms with Crippen molar-refractivity contribution < 1.29 is 9.53 Å².